The molecule has 3 nitrogen and oxygen atoms in total. The first-order chi connectivity index (χ1) is 7.38. The number of aromatic nitrogens is 1. The smallest absolute Gasteiger partial charge is 0.272 e. The minimum Gasteiger partial charge on any atom is -0.334 e. The summed E-state index contributed by atoms with van der Waals surface area (Å²) >= 11 is 9.10. The Kier molecular flexibility index (Phi) is 4.33. The number of amides is 1. The highest BCUT2D eigenvalue weighted by Crippen LogP contribution is 2.17. The van der Waals surface area contributed by atoms with E-state index in [2.05, 4.69) is 20.9 Å². The van der Waals surface area contributed by atoms with Crippen molar-refractivity contribution in [3.05, 3.63) is 28.5 Å². The number of rotatable bonds is 3. The van der Waals surface area contributed by atoms with Crippen LogP contribution in [0.15, 0.2) is 22.8 Å². The number of alkyl halides is 1. The van der Waals surface area contributed by atoms with E-state index in [1.165, 1.54) is 0 Å². The quantitative estimate of drug-likeness (QED) is 0.805. The Bertz CT molecular complexity index is 378. The van der Waals surface area contributed by atoms with Crippen LogP contribution in [0.2, 0.25) is 0 Å². The number of nitrogens with zero attached hydrogens (tertiary/aromatic N) is 2. The first-order valence-corrected chi connectivity index (χ1v) is 6.17. The Morgan fingerprint density at radius 3 is 2.62 bits per heavy atom. The molecule has 5 heteroatoms. The van der Waals surface area contributed by atoms with Crippen molar-refractivity contribution in [1.82, 2.24) is 9.88 Å². The Balaban J connectivity index is 2.90. The van der Waals surface area contributed by atoms with Crippen LogP contribution in [0, 0.1) is 0 Å². The summed E-state index contributed by atoms with van der Waals surface area (Å²) in [5, 5.41) is 0. The summed E-state index contributed by atoms with van der Waals surface area (Å²) in [7, 11) is 1.73. The van der Waals surface area contributed by atoms with Crippen LogP contribution in [0.4, 0.5) is 0 Å². The summed E-state index contributed by atoms with van der Waals surface area (Å²) in [5.74, 6) is 0.254. The van der Waals surface area contributed by atoms with Crippen LogP contribution in [-0.2, 0) is 0 Å². The molecular formula is C11H14BrClN2O. The van der Waals surface area contributed by atoms with Gasteiger partial charge in [-0.25, -0.2) is 4.98 Å². The van der Waals surface area contributed by atoms with Gasteiger partial charge in [0.25, 0.3) is 5.91 Å². The van der Waals surface area contributed by atoms with Crippen LogP contribution in [0.1, 0.15) is 24.3 Å². The van der Waals surface area contributed by atoms with Crippen molar-refractivity contribution >= 4 is 33.4 Å². The van der Waals surface area contributed by atoms with Gasteiger partial charge >= 0.3 is 0 Å². The predicted molar refractivity (Wildman–Crippen MR) is 68.8 cm³/mol. The SMILES string of the molecule is CN(C(=O)c1ccc(Br)cn1)C(C)(C)CCl. The van der Waals surface area contributed by atoms with Crippen molar-refractivity contribution in [3.63, 3.8) is 0 Å². The van der Waals surface area contributed by atoms with Gasteiger partial charge in [-0.1, -0.05) is 0 Å². The summed E-state index contributed by atoms with van der Waals surface area (Å²) in [5.41, 5.74) is 0.0387. The molecule has 1 amide bonds. The molecule has 1 heterocycles. The first kappa shape index (κ1) is 13.5. The molecule has 0 N–H and O–H groups in total. The zero-order valence-electron chi connectivity index (χ0n) is 9.50. The molecule has 0 aliphatic heterocycles. The number of hydrogen-bond donors (Lipinski definition) is 0. The molecule has 0 saturated heterocycles. The molecule has 0 atom stereocenters. The van der Waals surface area contributed by atoms with Gasteiger partial charge in [0.15, 0.2) is 0 Å². The standard InChI is InChI=1S/C11H14BrClN2O/c1-11(2,7-13)15(3)10(16)9-5-4-8(12)6-14-9/h4-6H,7H2,1-3H3. The second kappa shape index (κ2) is 5.15. The number of pyridine rings is 1. The van der Waals surface area contributed by atoms with Gasteiger partial charge in [-0.05, 0) is 41.9 Å². The largest absolute Gasteiger partial charge is 0.334 e. The molecule has 1 aromatic heterocycles. The van der Waals surface area contributed by atoms with Gasteiger partial charge in [0.2, 0.25) is 0 Å². The van der Waals surface area contributed by atoms with Crippen LogP contribution in [-0.4, -0.2) is 34.3 Å². The summed E-state index contributed by atoms with van der Waals surface area (Å²) in [4.78, 5) is 17.7. The van der Waals surface area contributed by atoms with E-state index in [1.54, 1.807) is 30.3 Å². The average Bonchev–Trinajstić information content (AvgIpc) is 2.28. The Morgan fingerprint density at radius 2 is 2.19 bits per heavy atom. The lowest BCUT2D eigenvalue weighted by Gasteiger charge is -2.33. The Morgan fingerprint density at radius 1 is 1.56 bits per heavy atom. The van der Waals surface area contributed by atoms with E-state index in [0.717, 1.165) is 4.47 Å². The van der Waals surface area contributed by atoms with E-state index in [0.29, 0.717) is 11.6 Å². The molecule has 0 fully saturated rings. The van der Waals surface area contributed by atoms with Crippen molar-refractivity contribution in [2.45, 2.75) is 19.4 Å². The molecule has 16 heavy (non-hydrogen) atoms. The molecule has 1 aromatic rings. The third-order valence-electron chi connectivity index (χ3n) is 2.49. The van der Waals surface area contributed by atoms with Crippen LogP contribution >= 0.6 is 27.5 Å². The highest BCUT2D eigenvalue weighted by atomic mass is 79.9. The van der Waals surface area contributed by atoms with Crippen molar-refractivity contribution in [3.8, 4) is 0 Å². The second-order valence-electron chi connectivity index (χ2n) is 4.17. The molecule has 0 radical (unpaired) electrons. The molecule has 0 aliphatic rings. The molecule has 0 spiro atoms. The fourth-order valence-electron chi connectivity index (χ4n) is 1.04. The van der Waals surface area contributed by atoms with E-state index < -0.39 is 0 Å². The third-order valence-corrected chi connectivity index (χ3v) is 3.61. The van der Waals surface area contributed by atoms with E-state index >= 15 is 0 Å². The maximum Gasteiger partial charge on any atom is 0.272 e. The maximum absolute atomic E-state index is 12.1. The second-order valence-corrected chi connectivity index (χ2v) is 5.35. The summed E-state index contributed by atoms with van der Waals surface area (Å²) < 4.78 is 0.850. The van der Waals surface area contributed by atoms with Crippen molar-refractivity contribution in [1.29, 1.82) is 0 Å². The minimum absolute atomic E-state index is 0.127. The summed E-state index contributed by atoms with van der Waals surface area (Å²) in [6.07, 6.45) is 1.61. The normalized spacial score (nSPS) is 11.3. The number of hydrogen-bond acceptors (Lipinski definition) is 2. The summed E-state index contributed by atoms with van der Waals surface area (Å²) in [6, 6.07) is 3.48. The highest BCUT2D eigenvalue weighted by molar-refractivity contribution is 9.10. The molecule has 0 aliphatic carbocycles. The van der Waals surface area contributed by atoms with Crippen molar-refractivity contribution in [2.75, 3.05) is 12.9 Å². The predicted octanol–water partition coefficient (Wildman–Crippen LogP) is 2.93. The zero-order valence-corrected chi connectivity index (χ0v) is 11.8. The minimum atomic E-state index is -0.382. The van der Waals surface area contributed by atoms with E-state index in [1.807, 2.05) is 13.8 Å². The van der Waals surface area contributed by atoms with Gasteiger partial charge < -0.3 is 4.90 Å². The molecule has 0 aromatic carbocycles. The topological polar surface area (TPSA) is 33.2 Å². The van der Waals surface area contributed by atoms with Gasteiger partial charge in [-0.3, -0.25) is 4.79 Å². The molecular weight excluding hydrogens is 291 g/mol. The van der Waals surface area contributed by atoms with Crippen LogP contribution < -0.4 is 0 Å². The fraction of sp³-hybridized carbons (Fsp3) is 0.455. The lowest BCUT2D eigenvalue weighted by molar-refractivity contribution is 0.0654. The molecule has 88 valence electrons. The maximum atomic E-state index is 12.1. The lowest BCUT2D eigenvalue weighted by atomic mass is 10.1. The van der Waals surface area contributed by atoms with Crippen molar-refractivity contribution < 1.29 is 4.79 Å². The van der Waals surface area contributed by atoms with Crippen LogP contribution in [0.3, 0.4) is 0 Å². The van der Waals surface area contributed by atoms with Crippen molar-refractivity contribution in [2.24, 2.45) is 0 Å². The first-order valence-electron chi connectivity index (χ1n) is 4.84. The van der Waals surface area contributed by atoms with Gasteiger partial charge in [0.05, 0.1) is 5.54 Å². The monoisotopic (exact) mass is 304 g/mol. The number of halogens is 2. The number of carbonyl (C=O) groups excluding carboxylic acids is 1. The average molecular weight is 306 g/mol. The van der Waals surface area contributed by atoms with Crippen LogP contribution in [0.25, 0.3) is 0 Å². The molecule has 0 unspecified atom stereocenters. The van der Waals surface area contributed by atoms with E-state index in [-0.39, 0.29) is 11.4 Å². The van der Waals surface area contributed by atoms with E-state index in [9.17, 15) is 4.79 Å². The van der Waals surface area contributed by atoms with Gasteiger partial charge in [-0.2, -0.15) is 0 Å². The lowest BCUT2D eigenvalue weighted by Crippen LogP contribution is -2.46. The third kappa shape index (κ3) is 2.95. The van der Waals surface area contributed by atoms with E-state index in [4.69, 9.17) is 11.6 Å². The Labute approximate surface area is 109 Å². The van der Waals surface area contributed by atoms with Gasteiger partial charge in [0, 0.05) is 23.6 Å². The summed E-state index contributed by atoms with van der Waals surface area (Å²) in [6.45, 7) is 3.83. The highest BCUT2D eigenvalue weighted by Gasteiger charge is 2.27. The fourth-order valence-corrected chi connectivity index (χ4v) is 1.45. The molecule has 0 saturated carbocycles. The van der Waals surface area contributed by atoms with Crippen LogP contribution in [0.5, 0.6) is 0 Å². The Hall–Kier alpha value is -0.610. The van der Waals surface area contributed by atoms with Gasteiger partial charge in [-0.15, -0.1) is 11.6 Å². The number of carbonyl (C=O) groups is 1. The molecule has 0 bridgehead atoms. The molecule has 1 rings (SSSR count). The van der Waals surface area contributed by atoms with Gasteiger partial charge in [0.1, 0.15) is 5.69 Å². The zero-order chi connectivity index (χ0) is 12.3.